The van der Waals surface area contributed by atoms with Crippen LogP contribution in [0.5, 0.6) is 0 Å². The molecule has 27 heavy (non-hydrogen) atoms. The lowest BCUT2D eigenvalue weighted by molar-refractivity contribution is -0.117. The highest BCUT2D eigenvalue weighted by atomic mass is 35.5. The monoisotopic (exact) mass is 388 g/mol. The molecule has 1 heterocycles. The summed E-state index contributed by atoms with van der Waals surface area (Å²) in [5.41, 5.74) is 6.44. The van der Waals surface area contributed by atoms with Crippen molar-refractivity contribution in [2.24, 2.45) is 5.73 Å². The van der Waals surface area contributed by atoms with Crippen LogP contribution in [-0.2, 0) is 4.79 Å². The number of nitrogens with zero attached hydrogens (tertiary/aromatic N) is 1. The third-order valence-corrected chi connectivity index (χ3v) is 3.66. The molecule has 2 aromatic carbocycles. The first-order valence-corrected chi connectivity index (χ1v) is 8.41. The Labute approximate surface area is 160 Å². The Kier molecular flexibility index (Phi) is 7.51. The molecule has 1 aromatic heterocycles. The fourth-order valence-electron chi connectivity index (χ4n) is 2.10. The first-order valence-electron chi connectivity index (χ1n) is 8.03. The number of hydrogen-bond donors (Lipinski definition) is 3. The second-order valence-electron chi connectivity index (χ2n) is 5.43. The minimum atomic E-state index is -0.490. The molecule has 0 aliphatic heterocycles. The number of carbonyl (C=O) groups is 2. The van der Waals surface area contributed by atoms with Gasteiger partial charge in [-0.1, -0.05) is 29.8 Å². The van der Waals surface area contributed by atoms with E-state index in [1.807, 2.05) is 30.3 Å². The number of nitrogens with one attached hydrogen (secondary N) is 2. The summed E-state index contributed by atoms with van der Waals surface area (Å²) >= 11 is 5.54. The molecule has 0 spiro atoms. The summed E-state index contributed by atoms with van der Waals surface area (Å²) in [4.78, 5) is 22.6. The van der Waals surface area contributed by atoms with Gasteiger partial charge in [-0.2, -0.15) is 5.10 Å². The van der Waals surface area contributed by atoms with Gasteiger partial charge in [-0.3, -0.25) is 14.7 Å². The molecule has 8 heteroatoms. The molecule has 0 saturated heterocycles. The van der Waals surface area contributed by atoms with Gasteiger partial charge in [0.05, 0.1) is 17.5 Å². The minimum absolute atomic E-state index is 0.0650. The van der Waals surface area contributed by atoms with Crippen molar-refractivity contribution >= 4 is 23.4 Å². The number of aromatic nitrogens is 2. The van der Waals surface area contributed by atoms with Gasteiger partial charge in [0.15, 0.2) is 0 Å². The van der Waals surface area contributed by atoms with E-state index in [4.69, 9.17) is 17.3 Å². The Balaban J connectivity index is 0.000000313. The van der Waals surface area contributed by atoms with E-state index >= 15 is 0 Å². The summed E-state index contributed by atoms with van der Waals surface area (Å²) in [7, 11) is 0. The molecular formula is C19H18ClFN4O2. The topological polar surface area (TPSA) is 101 Å². The van der Waals surface area contributed by atoms with Crippen LogP contribution in [0.15, 0.2) is 60.8 Å². The fourth-order valence-corrected chi connectivity index (χ4v) is 2.25. The number of primary amides is 1. The quantitative estimate of drug-likeness (QED) is 0.625. The molecular weight excluding hydrogens is 371 g/mol. The van der Waals surface area contributed by atoms with Crippen molar-refractivity contribution < 1.29 is 14.0 Å². The average molecular weight is 389 g/mol. The van der Waals surface area contributed by atoms with E-state index in [0.29, 0.717) is 16.8 Å². The van der Waals surface area contributed by atoms with Crippen LogP contribution < -0.4 is 11.1 Å². The molecule has 0 aliphatic carbocycles. The first-order chi connectivity index (χ1) is 13.0. The van der Waals surface area contributed by atoms with Crippen molar-refractivity contribution in [3.05, 3.63) is 77.2 Å². The van der Waals surface area contributed by atoms with Crippen LogP contribution in [0.2, 0.25) is 5.02 Å². The lowest BCUT2D eigenvalue weighted by atomic mass is 10.1. The van der Waals surface area contributed by atoms with Gasteiger partial charge in [0, 0.05) is 23.6 Å². The fraction of sp³-hybridized carbons (Fsp3) is 0.105. The SMILES string of the molecule is Clc1ccccc1.NC(=O)CCNC(=O)c1cn[nH]c1-c1ccc(F)cc1. The predicted octanol–water partition coefficient (Wildman–Crippen LogP) is 3.16. The van der Waals surface area contributed by atoms with E-state index < -0.39 is 5.91 Å². The number of halogens is 2. The molecule has 0 radical (unpaired) electrons. The number of rotatable bonds is 5. The zero-order valence-corrected chi connectivity index (χ0v) is 15.0. The van der Waals surface area contributed by atoms with Gasteiger partial charge in [-0.05, 0) is 36.4 Å². The van der Waals surface area contributed by atoms with Crippen LogP contribution in [0.3, 0.4) is 0 Å². The van der Waals surface area contributed by atoms with Gasteiger partial charge in [0.25, 0.3) is 5.91 Å². The molecule has 0 atom stereocenters. The number of nitrogens with two attached hydrogens (primary N) is 1. The number of H-pyrrole nitrogens is 1. The third kappa shape index (κ3) is 6.56. The summed E-state index contributed by atoms with van der Waals surface area (Å²) in [5.74, 6) is -1.23. The van der Waals surface area contributed by atoms with E-state index in [2.05, 4.69) is 15.5 Å². The number of amides is 2. The molecule has 0 unspecified atom stereocenters. The van der Waals surface area contributed by atoms with Gasteiger partial charge in [0.1, 0.15) is 5.82 Å². The van der Waals surface area contributed by atoms with Gasteiger partial charge in [-0.15, -0.1) is 0 Å². The molecule has 0 aliphatic rings. The number of carbonyl (C=O) groups excluding carboxylic acids is 2. The van der Waals surface area contributed by atoms with E-state index in [1.54, 1.807) is 12.1 Å². The number of benzene rings is 2. The second-order valence-corrected chi connectivity index (χ2v) is 5.87. The minimum Gasteiger partial charge on any atom is -0.370 e. The van der Waals surface area contributed by atoms with Gasteiger partial charge < -0.3 is 11.1 Å². The average Bonchev–Trinajstić information content (AvgIpc) is 3.13. The van der Waals surface area contributed by atoms with Gasteiger partial charge >= 0.3 is 0 Å². The highest BCUT2D eigenvalue weighted by Crippen LogP contribution is 2.21. The molecule has 3 rings (SSSR count). The summed E-state index contributed by atoms with van der Waals surface area (Å²) in [6.45, 7) is 0.155. The zero-order chi connectivity index (χ0) is 19.6. The number of hydrogen-bond acceptors (Lipinski definition) is 3. The summed E-state index contributed by atoms with van der Waals surface area (Å²) < 4.78 is 12.9. The highest BCUT2D eigenvalue weighted by molar-refractivity contribution is 6.30. The van der Waals surface area contributed by atoms with Crippen molar-refractivity contribution in [1.29, 1.82) is 0 Å². The molecule has 0 fully saturated rings. The Morgan fingerprint density at radius 3 is 2.33 bits per heavy atom. The Morgan fingerprint density at radius 2 is 1.78 bits per heavy atom. The van der Waals surface area contributed by atoms with Crippen LogP contribution in [0.25, 0.3) is 11.3 Å². The summed E-state index contributed by atoms with van der Waals surface area (Å²) in [5, 5.41) is 9.87. The van der Waals surface area contributed by atoms with Crippen LogP contribution >= 0.6 is 11.6 Å². The van der Waals surface area contributed by atoms with Crippen molar-refractivity contribution in [1.82, 2.24) is 15.5 Å². The second kappa shape index (κ2) is 10.1. The van der Waals surface area contributed by atoms with Gasteiger partial charge in [0.2, 0.25) is 5.91 Å². The van der Waals surface area contributed by atoms with E-state index in [9.17, 15) is 14.0 Å². The first kappa shape index (κ1) is 20.1. The Morgan fingerprint density at radius 1 is 1.11 bits per heavy atom. The maximum absolute atomic E-state index is 12.9. The van der Waals surface area contributed by atoms with Crippen LogP contribution in [0.1, 0.15) is 16.8 Å². The maximum Gasteiger partial charge on any atom is 0.255 e. The predicted molar refractivity (Wildman–Crippen MR) is 102 cm³/mol. The Bertz CT molecular complexity index is 882. The van der Waals surface area contributed by atoms with Crippen LogP contribution in [0, 0.1) is 5.82 Å². The van der Waals surface area contributed by atoms with Crippen molar-refractivity contribution in [2.75, 3.05) is 6.54 Å². The van der Waals surface area contributed by atoms with Crippen molar-refractivity contribution in [2.45, 2.75) is 6.42 Å². The molecule has 0 bridgehead atoms. The largest absolute Gasteiger partial charge is 0.370 e. The molecule has 2 amide bonds. The summed E-state index contributed by atoms with van der Waals surface area (Å²) in [6.07, 6.45) is 1.44. The number of aromatic amines is 1. The normalized spacial score (nSPS) is 9.85. The van der Waals surface area contributed by atoms with Crippen LogP contribution in [0.4, 0.5) is 4.39 Å². The maximum atomic E-state index is 12.9. The van der Waals surface area contributed by atoms with Crippen LogP contribution in [-0.4, -0.2) is 28.6 Å². The van der Waals surface area contributed by atoms with E-state index in [0.717, 1.165) is 5.02 Å². The standard InChI is InChI=1S/C13H13FN4O2.C6H5Cl/c14-9-3-1-8(2-4-9)12-10(7-17-18-12)13(20)16-6-5-11(15)19;7-6-4-2-1-3-5-6/h1-4,7H,5-6H2,(H2,15,19)(H,16,20)(H,17,18);1-5H. The Hall–Kier alpha value is -3.19. The lowest BCUT2D eigenvalue weighted by Gasteiger charge is -2.05. The summed E-state index contributed by atoms with van der Waals surface area (Å²) in [6, 6.07) is 15.1. The van der Waals surface area contributed by atoms with Crippen molar-refractivity contribution in [3.63, 3.8) is 0 Å². The third-order valence-electron chi connectivity index (χ3n) is 3.41. The smallest absolute Gasteiger partial charge is 0.255 e. The lowest BCUT2D eigenvalue weighted by Crippen LogP contribution is -2.27. The highest BCUT2D eigenvalue weighted by Gasteiger charge is 2.15. The molecule has 6 nitrogen and oxygen atoms in total. The van der Waals surface area contributed by atoms with E-state index in [-0.39, 0.29) is 24.7 Å². The van der Waals surface area contributed by atoms with Gasteiger partial charge in [-0.25, -0.2) is 4.39 Å². The molecule has 4 N–H and O–H groups in total. The molecule has 140 valence electrons. The zero-order valence-electron chi connectivity index (χ0n) is 14.3. The molecule has 3 aromatic rings. The molecule has 0 saturated carbocycles. The van der Waals surface area contributed by atoms with E-state index in [1.165, 1.54) is 18.3 Å². The van der Waals surface area contributed by atoms with Crippen molar-refractivity contribution in [3.8, 4) is 11.3 Å².